The topological polar surface area (TPSA) is 37.3 Å². The molecule has 0 aliphatic carbocycles. The van der Waals surface area contributed by atoms with Gasteiger partial charge in [-0.05, 0) is 23.6 Å². The van der Waals surface area contributed by atoms with Gasteiger partial charge < -0.3 is 5.11 Å². The lowest BCUT2D eigenvalue weighted by Crippen LogP contribution is -1.90. The Morgan fingerprint density at radius 2 is 2.00 bits per heavy atom. The molecule has 3 heteroatoms. The van der Waals surface area contributed by atoms with Gasteiger partial charge in [-0.2, -0.15) is 0 Å². The summed E-state index contributed by atoms with van der Waals surface area (Å²) in [5.74, 6) is -0.453. The molecule has 0 unspecified atom stereocenters. The third-order valence-electron chi connectivity index (χ3n) is 1.90. The fourth-order valence-electron chi connectivity index (χ4n) is 1.13. The van der Waals surface area contributed by atoms with Crippen LogP contribution in [0.15, 0.2) is 30.3 Å². The molecule has 2 nitrogen and oxygen atoms in total. The van der Waals surface area contributed by atoms with Crippen molar-refractivity contribution in [1.29, 1.82) is 0 Å². The SMILES string of the molecule is CC(=CC(=O)O)c1ccc(CCl)cc1. The van der Waals surface area contributed by atoms with E-state index in [4.69, 9.17) is 16.7 Å². The maximum Gasteiger partial charge on any atom is 0.328 e. The number of alkyl halides is 1. The van der Waals surface area contributed by atoms with Crippen molar-refractivity contribution in [3.63, 3.8) is 0 Å². The van der Waals surface area contributed by atoms with Crippen molar-refractivity contribution in [3.05, 3.63) is 41.5 Å². The van der Waals surface area contributed by atoms with E-state index < -0.39 is 5.97 Å². The predicted octanol–water partition coefficient (Wildman–Crippen LogP) is 2.91. The summed E-state index contributed by atoms with van der Waals surface area (Å²) in [4.78, 5) is 10.4. The minimum atomic E-state index is -0.927. The normalized spacial score (nSPS) is 11.4. The van der Waals surface area contributed by atoms with Gasteiger partial charge in [0.15, 0.2) is 0 Å². The van der Waals surface area contributed by atoms with Gasteiger partial charge in [-0.25, -0.2) is 4.79 Å². The lowest BCUT2D eigenvalue weighted by molar-refractivity contribution is -0.131. The van der Waals surface area contributed by atoms with E-state index >= 15 is 0 Å². The van der Waals surface area contributed by atoms with Crippen LogP contribution in [-0.2, 0) is 10.7 Å². The molecule has 0 saturated heterocycles. The Morgan fingerprint density at radius 1 is 1.43 bits per heavy atom. The maximum absolute atomic E-state index is 10.4. The smallest absolute Gasteiger partial charge is 0.328 e. The second-order valence-corrected chi connectivity index (χ2v) is 3.26. The number of carboxylic acids is 1. The lowest BCUT2D eigenvalue weighted by Gasteiger charge is -2.01. The van der Waals surface area contributed by atoms with E-state index in [1.165, 1.54) is 6.08 Å². The summed E-state index contributed by atoms with van der Waals surface area (Å²) >= 11 is 5.63. The third-order valence-corrected chi connectivity index (χ3v) is 2.21. The number of rotatable bonds is 3. The Hall–Kier alpha value is -1.28. The summed E-state index contributed by atoms with van der Waals surface area (Å²) in [6, 6.07) is 7.52. The van der Waals surface area contributed by atoms with Crippen LogP contribution in [0.4, 0.5) is 0 Å². The van der Waals surface area contributed by atoms with Crippen molar-refractivity contribution < 1.29 is 9.90 Å². The van der Waals surface area contributed by atoms with E-state index in [-0.39, 0.29) is 0 Å². The molecule has 1 N–H and O–H groups in total. The Kier molecular flexibility index (Phi) is 3.72. The fourth-order valence-corrected chi connectivity index (χ4v) is 1.30. The van der Waals surface area contributed by atoms with Crippen molar-refractivity contribution in [2.24, 2.45) is 0 Å². The van der Waals surface area contributed by atoms with Gasteiger partial charge in [0, 0.05) is 12.0 Å². The molecule has 0 spiro atoms. The monoisotopic (exact) mass is 210 g/mol. The highest BCUT2D eigenvalue weighted by atomic mass is 35.5. The van der Waals surface area contributed by atoms with Crippen LogP contribution in [0.25, 0.3) is 5.57 Å². The number of carbonyl (C=O) groups is 1. The molecular weight excluding hydrogens is 200 g/mol. The number of halogens is 1. The van der Waals surface area contributed by atoms with Crippen LogP contribution in [0, 0.1) is 0 Å². The molecule has 0 aliphatic rings. The molecule has 0 fully saturated rings. The van der Waals surface area contributed by atoms with E-state index in [0.717, 1.165) is 16.7 Å². The molecule has 0 heterocycles. The van der Waals surface area contributed by atoms with Gasteiger partial charge in [-0.15, -0.1) is 11.6 Å². The van der Waals surface area contributed by atoms with Gasteiger partial charge in [0.25, 0.3) is 0 Å². The average Bonchev–Trinajstić information content (AvgIpc) is 2.17. The molecule has 0 bridgehead atoms. The zero-order valence-electron chi connectivity index (χ0n) is 7.83. The number of benzene rings is 1. The van der Waals surface area contributed by atoms with Gasteiger partial charge in [-0.1, -0.05) is 24.3 Å². The van der Waals surface area contributed by atoms with Crippen LogP contribution in [0.2, 0.25) is 0 Å². The first-order chi connectivity index (χ1) is 6.63. The molecule has 1 rings (SSSR count). The molecule has 0 aromatic heterocycles. The summed E-state index contributed by atoms with van der Waals surface area (Å²) in [5, 5.41) is 8.55. The highest BCUT2D eigenvalue weighted by Crippen LogP contribution is 2.15. The molecular formula is C11H11ClO2. The summed E-state index contributed by atoms with van der Waals surface area (Å²) in [6.45, 7) is 1.77. The number of hydrogen-bond acceptors (Lipinski definition) is 1. The van der Waals surface area contributed by atoms with E-state index in [2.05, 4.69) is 0 Å². The second kappa shape index (κ2) is 4.82. The van der Waals surface area contributed by atoms with E-state index in [1.54, 1.807) is 6.92 Å². The minimum Gasteiger partial charge on any atom is -0.478 e. The van der Waals surface area contributed by atoms with Gasteiger partial charge in [0.05, 0.1) is 0 Å². The first kappa shape index (κ1) is 10.8. The Labute approximate surface area is 87.8 Å². The standard InChI is InChI=1S/C11H11ClO2/c1-8(6-11(13)14)10-4-2-9(7-12)3-5-10/h2-6H,7H2,1H3,(H,13,14). The number of allylic oxidation sites excluding steroid dienone is 1. The average molecular weight is 211 g/mol. The molecule has 0 radical (unpaired) electrons. The van der Waals surface area contributed by atoms with Gasteiger partial charge >= 0.3 is 5.97 Å². The molecule has 14 heavy (non-hydrogen) atoms. The first-order valence-electron chi connectivity index (χ1n) is 4.20. The quantitative estimate of drug-likeness (QED) is 0.615. The molecule has 1 aromatic rings. The Bertz CT molecular complexity index is 352. The minimum absolute atomic E-state index is 0.474. The van der Waals surface area contributed by atoms with Gasteiger partial charge in [-0.3, -0.25) is 0 Å². The largest absolute Gasteiger partial charge is 0.478 e. The van der Waals surface area contributed by atoms with Crippen molar-refractivity contribution in [2.75, 3.05) is 0 Å². The van der Waals surface area contributed by atoms with Crippen molar-refractivity contribution in [2.45, 2.75) is 12.8 Å². The molecule has 0 aliphatic heterocycles. The Morgan fingerprint density at radius 3 is 2.43 bits per heavy atom. The zero-order valence-corrected chi connectivity index (χ0v) is 8.58. The summed E-state index contributed by atoms with van der Waals surface area (Å²) in [5.41, 5.74) is 2.67. The van der Waals surface area contributed by atoms with Crippen LogP contribution >= 0.6 is 11.6 Å². The maximum atomic E-state index is 10.4. The molecule has 74 valence electrons. The second-order valence-electron chi connectivity index (χ2n) is 3.00. The predicted molar refractivity (Wildman–Crippen MR) is 57.3 cm³/mol. The van der Waals surface area contributed by atoms with E-state index in [1.807, 2.05) is 24.3 Å². The highest BCUT2D eigenvalue weighted by molar-refractivity contribution is 6.17. The Balaban J connectivity index is 2.92. The van der Waals surface area contributed by atoms with Crippen LogP contribution in [0.5, 0.6) is 0 Å². The summed E-state index contributed by atoms with van der Waals surface area (Å²) in [7, 11) is 0. The molecule has 0 saturated carbocycles. The van der Waals surface area contributed by atoms with Crippen LogP contribution in [0.3, 0.4) is 0 Å². The highest BCUT2D eigenvalue weighted by Gasteiger charge is 1.98. The van der Waals surface area contributed by atoms with Gasteiger partial charge in [0.1, 0.15) is 0 Å². The number of aliphatic carboxylic acids is 1. The first-order valence-corrected chi connectivity index (χ1v) is 4.73. The van der Waals surface area contributed by atoms with Crippen LogP contribution < -0.4 is 0 Å². The van der Waals surface area contributed by atoms with E-state index in [9.17, 15) is 4.79 Å². The van der Waals surface area contributed by atoms with Gasteiger partial charge in [0.2, 0.25) is 0 Å². The van der Waals surface area contributed by atoms with Crippen LogP contribution in [-0.4, -0.2) is 11.1 Å². The number of hydrogen-bond donors (Lipinski definition) is 1. The zero-order chi connectivity index (χ0) is 10.6. The van der Waals surface area contributed by atoms with Crippen molar-refractivity contribution in [1.82, 2.24) is 0 Å². The molecule has 1 aromatic carbocycles. The van der Waals surface area contributed by atoms with Crippen LogP contribution in [0.1, 0.15) is 18.1 Å². The van der Waals surface area contributed by atoms with Crippen molar-refractivity contribution >= 4 is 23.1 Å². The molecule has 0 atom stereocenters. The third kappa shape index (κ3) is 2.89. The molecule has 0 amide bonds. The summed E-state index contributed by atoms with van der Waals surface area (Å²) < 4.78 is 0. The van der Waals surface area contributed by atoms with E-state index in [0.29, 0.717) is 5.88 Å². The summed E-state index contributed by atoms with van der Waals surface area (Å²) in [6.07, 6.45) is 1.19. The fraction of sp³-hybridized carbons (Fsp3) is 0.182. The van der Waals surface area contributed by atoms with Crippen molar-refractivity contribution in [3.8, 4) is 0 Å². The lowest BCUT2D eigenvalue weighted by atomic mass is 10.1. The number of carboxylic acid groups (broad SMARTS) is 1.